The number of carbonyl (C=O) groups is 1. The van der Waals surface area contributed by atoms with Gasteiger partial charge in [0.2, 0.25) is 5.43 Å². The molecular weight excluding hydrogens is 180 g/mol. The summed E-state index contributed by atoms with van der Waals surface area (Å²) in [6.07, 6.45) is 0. The van der Waals surface area contributed by atoms with Gasteiger partial charge in [-0.15, -0.1) is 0 Å². The molecule has 74 valence electrons. The van der Waals surface area contributed by atoms with Gasteiger partial charge in [-0.1, -0.05) is 11.6 Å². The standard InChI is InChI=1S/C11H12O3/c1-7-4-5-10(14-3)11(13)9(6-7)8(2)12/h4-6H,1-3H3. The number of ketones is 1. The monoisotopic (exact) mass is 192 g/mol. The normalized spacial score (nSPS) is 9.64. The molecule has 0 saturated carbocycles. The summed E-state index contributed by atoms with van der Waals surface area (Å²) in [5.74, 6) is -0.0455. The smallest absolute Gasteiger partial charge is 0.231 e. The molecule has 0 unspecified atom stereocenters. The molecule has 0 amide bonds. The largest absolute Gasteiger partial charge is 0.493 e. The molecule has 0 N–H and O–H groups in total. The maximum Gasteiger partial charge on any atom is 0.231 e. The number of hydrogen-bond donors (Lipinski definition) is 0. The molecule has 0 saturated heterocycles. The van der Waals surface area contributed by atoms with Gasteiger partial charge in [0.05, 0.1) is 12.7 Å². The molecule has 14 heavy (non-hydrogen) atoms. The minimum Gasteiger partial charge on any atom is -0.493 e. The van der Waals surface area contributed by atoms with Crippen molar-refractivity contribution in [2.45, 2.75) is 13.8 Å². The third-order valence-electron chi connectivity index (χ3n) is 1.94. The Labute approximate surface area is 82.3 Å². The first-order valence-electron chi connectivity index (χ1n) is 4.26. The Morgan fingerprint density at radius 3 is 2.50 bits per heavy atom. The van der Waals surface area contributed by atoms with Gasteiger partial charge in [-0.3, -0.25) is 9.59 Å². The number of rotatable bonds is 2. The molecule has 0 bridgehead atoms. The lowest BCUT2D eigenvalue weighted by Gasteiger charge is -1.93. The Morgan fingerprint density at radius 1 is 1.36 bits per heavy atom. The molecule has 3 heteroatoms. The average molecular weight is 192 g/mol. The van der Waals surface area contributed by atoms with Crippen LogP contribution in [0.3, 0.4) is 0 Å². The summed E-state index contributed by atoms with van der Waals surface area (Å²) >= 11 is 0. The van der Waals surface area contributed by atoms with E-state index in [2.05, 4.69) is 0 Å². The van der Waals surface area contributed by atoms with Gasteiger partial charge in [-0.05, 0) is 26.0 Å². The van der Waals surface area contributed by atoms with Gasteiger partial charge in [-0.2, -0.15) is 0 Å². The van der Waals surface area contributed by atoms with E-state index < -0.39 is 0 Å². The van der Waals surface area contributed by atoms with Crippen LogP contribution in [0.1, 0.15) is 22.8 Å². The molecule has 0 aliphatic heterocycles. The molecule has 0 spiro atoms. The van der Waals surface area contributed by atoms with Crippen molar-refractivity contribution in [1.82, 2.24) is 0 Å². The van der Waals surface area contributed by atoms with E-state index in [0.717, 1.165) is 5.56 Å². The number of ether oxygens (including phenoxy) is 1. The highest BCUT2D eigenvalue weighted by molar-refractivity contribution is 5.94. The molecule has 0 aromatic heterocycles. The quantitative estimate of drug-likeness (QED) is 0.668. The fourth-order valence-electron chi connectivity index (χ4n) is 1.18. The minimum absolute atomic E-state index is 0.171. The van der Waals surface area contributed by atoms with Crippen molar-refractivity contribution < 1.29 is 9.53 Å². The predicted molar refractivity (Wildman–Crippen MR) is 54.0 cm³/mol. The summed E-state index contributed by atoms with van der Waals surface area (Å²) in [7, 11) is 1.41. The van der Waals surface area contributed by atoms with Crippen LogP contribution in [-0.2, 0) is 0 Å². The highest BCUT2D eigenvalue weighted by Gasteiger charge is 2.08. The van der Waals surface area contributed by atoms with Crippen molar-refractivity contribution in [2.75, 3.05) is 7.11 Å². The van der Waals surface area contributed by atoms with Crippen molar-refractivity contribution in [1.29, 1.82) is 0 Å². The topological polar surface area (TPSA) is 43.4 Å². The molecular formula is C11H12O3. The first-order chi connectivity index (χ1) is 6.56. The molecule has 1 aromatic rings. The fraction of sp³-hybridized carbons (Fsp3) is 0.273. The Bertz CT molecular complexity index is 421. The summed E-state index contributed by atoms with van der Waals surface area (Å²) in [6.45, 7) is 3.20. The zero-order valence-electron chi connectivity index (χ0n) is 8.46. The van der Waals surface area contributed by atoms with E-state index in [0.29, 0.717) is 0 Å². The first-order valence-corrected chi connectivity index (χ1v) is 4.26. The molecule has 0 aliphatic rings. The zero-order valence-corrected chi connectivity index (χ0v) is 8.46. The molecule has 3 nitrogen and oxygen atoms in total. The van der Waals surface area contributed by atoms with Gasteiger partial charge >= 0.3 is 0 Å². The molecule has 0 atom stereocenters. The Morgan fingerprint density at radius 2 is 2.00 bits per heavy atom. The Kier molecular flexibility index (Phi) is 3.02. The van der Waals surface area contributed by atoms with E-state index >= 15 is 0 Å². The van der Waals surface area contributed by atoms with Gasteiger partial charge in [0.1, 0.15) is 0 Å². The fourth-order valence-corrected chi connectivity index (χ4v) is 1.18. The lowest BCUT2D eigenvalue weighted by Crippen LogP contribution is -2.11. The van der Waals surface area contributed by atoms with E-state index in [9.17, 15) is 9.59 Å². The SMILES string of the molecule is COc1ccc(C)cc(C(C)=O)c1=O. The summed E-state index contributed by atoms with van der Waals surface area (Å²) in [4.78, 5) is 22.8. The minimum atomic E-state index is -0.354. The molecule has 0 heterocycles. The molecule has 1 aromatic carbocycles. The number of carbonyl (C=O) groups excluding carboxylic acids is 1. The summed E-state index contributed by atoms with van der Waals surface area (Å²) in [6, 6.07) is 4.89. The number of Topliss-reactive ketones (excluding diaryl/α,β-unsaturated/α-hetero) is 1. The number of hydrogen-bond acceptors (Lipinski definition) is 3. The lowest BCUT2D eigenvalue weighted by atomic mass is 10.2. The third kappa shape index (κ3) is 1.99. The van der Waals surface area contributed by atoms with Crippen LogP contribution in [0.25, 0.3) is 0 Å². The zero-order chi connectivity index (χ0) is 10.7. The predicted octanol–water partition coefficient (Wildman–Crippen LogP) is 1.57. The van der Waals surface area contributed by atoms with E-state index in [1.54, 1.807) is 18.2 Å². The van der Waals surface area contributed by atoms with Crippen molar-refractivity contribution >= 4 is 5.78 Å². The second-order valence-electron chi connectivity index (χ2n) is 3.09. The van der Waals surface area contributed by atoms with E-state index in [1.807, 2.05) is 6.92 Å². The van der Waals surface area contributed by atoms with Crippen LogP contribution in [0.2, 0.25) is 0 Å². The number of methoxy groups -OCH3 is 1. The molecule has 1 rings (SSSR count). The van der Waals surface area contributed by atoms with E-state index in [4.69, 9.17) is 4.74 Å². The summed E-state index contributed by atoms with van der Waals surface area (Å²) in [5, 5.41) is 0. The van der Waals surface area contributed by atoms with Gasteiger partial charge in [0, 0.05) is 0 Å². The maximum absolute atomic E-state index is 11.6. The van der Waals surface area contributed by atoms with Crippen LogP contribution in [0.5, 0.6) is 5.75 Å². The number of aryl methyl sites for hydroxylation is 1. The second-order valence-corrected chi connectivity index (χ2v) is 3.09. The Balaban J connectivity index is 3.59. The van der Waals surface area contributed by atoms with E-state index in [1.165, 1.54) is 14.0 Å². The second kappa shape index (κ2) is 4.05. The van der Waals surface area contributed by atoms with Crippen molar-refractivity contribution in [2.24, 2.45) is 0 Å². The van der Waals surface area contributed by atoms with Crippen molar-refractivity contribution in [3.63, 3.8) is 0 Å². The van der Waals surface area contributed by atoms with Crippen LogP contribution in [0, 0.1) is 6.92 Å². The van der Waals surface area contributed by atoms with Gasteiger partial charge in [0.25, 0.3) is 0 Å². The first kappa shape index (κ1) is 10.4. The van der Waals surface area contributed by atoms with Crippen LogP contribution in [-0.4, -0.2) is 12.9 Å². The van der Waals surface area contributed by atoms with Crippen LogP contribution in [0.15, 0.2) is 23.0 Å². The van der Waals surface area contributed by atoms with Crippen molar-refractivity contribution in [3.05, 3.63) is 39.5 Å². The third-order valence-corrected chi connectivity index (χ3v) is 1.94. The lowest BCUT2D eigenvalue weighted by molar-refractivity contribution is 0.101. The van der Waals surface area contributed by atoms with Gasteiger partial charge in [0.15, 0.2) is 11.5 Å². The van der Waals surface area contributed by atoms with Crippen LogP contribution in [0.4, 0.5) is 0 Å². The highest BCUT2D eigenvalue weighted by atomic mass is 16.5. The average Bonchev–Trinajstić information content (AvgIpc) is 2.26. The highest BCUT2D eigenvalue weighted by Crippen LogP contribution is 2.06. The molecule has 0 fully saturated rings. The van der Waals surface area contributed by atoms with Crippen molar-refractivity contribution in [3.8, 4) is 5.75 Å². The summed E-state index contributed by atoms with van der Waals surface area (Å²) in [5.41, 5.74) is 0.674. The van der Waals surface area contributed by atoms with Crippen LogP contribution >= 0.6 is 0 Å². The van der Waals surface area contributed by atoms with Gasteiger partial charge in [-0.25, -0.2) is 0 Å². The summed E-state index contributed by atoms with van der Waals surface area (Å²) < 4.78 is 4.89. The molecule has 0 aliphatic carbocycles. The molecule has 0 radical (unpaired) electrons. The van der Waals surface area contributed by atoms with Gasteiger partial charge < -0.3 is 4.74 Å². The van der Waals surface area contributed by atoms with E-state index in [-0.39, 0.29) is 22.5 Å². The Hall–Kier alpha value is -1.64. The maximum atomic E-state index is 11.6. The van der Waals surface area contributed by atoms with Crippen LogP contribution < -0.4 is 10.2 Å².